The summed E-state index contributed by atoms with van der Waals surface area (Å²) in [7, 11) is 1.64. The van der Waals surface area contributed by atoms with Crippen molar-refractivity contribution in [3.63, 3.8) is 0 Å². The van der Waals surface area contributed by atoms with E-state index >= 15 is 0 Å². The zero-order chi connectivity index (χ0) is 19.0. The Labute approximate surface area is 145 Å². The van der Waals surface area contributed by atoms with Gasteiger partial charge in [-0.15, -0.1) is 0 Å². The lowest BCUT2D eigenvalue weighted by Crippen LogP contribution is -2.09. The molecule has 0 atom stereocenters. The molecular weight excluding hydrogens is 315 g/mol. The third kappa shape index (κ3) is 12.2. The van der Waals surface area contributed by atoms with Crippen LogP contribution in [-0.4, -0.2) is 12.2 Å². The van der Waals surface area contributed by atoms with Crippen LogP contribution >= 0.6 is 0 Å². The van der Waals surface area contributed by atoms with Gasteiger partial charge in [-0.2, -0.15) is 13.2 Å². The molecule has 142 valence electrons. The lowest BCUT2D eigenvalue weighted by atomic mass is 10.1. The highest BCUT2D eigenvalue weighted by molar-refractivity contribution is 5.38. The van der Waals surface area contributed by atoms with Crippen LogP contribution in [0.1, 0.15) is 77.3 Å². The molecule has 0 fully saturated rings. The Morgan fingerprint density at radius 3 is 1.83 bits per heavy atom. The predicted molar refractivity (Wildman–Crippen MR) is 96.3 cm³/mol. The number of phenolic OH excluding ortho intramolecular Hbond substituents is 1. The molecule has 2 nitrogen and oxygen atoms in total. The van der Waals surface area contributed by atoms with Crippen LogP contribution in [0.25, 0.3) is 0 Å². The van der Waals surface area contributed by atoms with E-state index in [1.54, 1.807) is 7.05 Å². The van der Waals surface area contributed by atoms with Gasteiger partial charge >= 0.3 is 6.18 Å². The van der Waals surface area contributed by atoms with Crippen LogP contribution in [0.15, 0.2) is 18.2 Å². The van der Waals surface area contributed by atoms with E-state index in [0.717, 1.165) is 12.1 Å². The monoisotopic (exact) mass is 349 g/mol. The van der Waals surface area contributed by atoms with Crippen molar-refractivity contribution in [1.29, 1.82) is 0 Å². The van der Waals surface area contributed by atoms with Crippen molar-refractivity contribution < 1.29 is 18.3 Å². The topological polar surface area (TPSA) is 32.3 Å². The summed E-state index contributed by atoms with van der Waals surface area (Å²) >= 11 is 0. The summed E-state index contributed by atoms with van der Waals surface area (Å²) in [6.45, 7) is 8.85. The van der Waals surface area contributed by atoms with E-state index in [0.29, 0.717) is 12.1 Å². The molecule has 0 amide bonds. The van der Waals surface area contributed by atoms with E-state index < -0.39 is 17.5 Å². The molecular formula is C19H34F3NO. The van der Waals surface area contributed by atoms with Crippen molar-refractivity contribution in [3.05, 3.63) is 29.3 Å². The van der Waals surface area contributed by atoms with Crippen molar-refractivity contribution in [1.82, 2.24) is 5.32 Å². The molecule has 0 saturated carbocycles. The average Bonchev–Trinajstić information content (AvgIpc) is 2.55. The number of halogens is 3. The van der Waals surface area contributed by atoms with Gasteiger partial charge in [0.25, 0.3) is 0 Å². The normalized spacial score (nSPS) is 10.3. The Balaban J connectivity index is 0. The zero-order valence-electron chi connectivity index (χ0n) is 15.8. The fraction of sp³-hybridized carbons (Fsp3) is 0.684. The minimum absolute atomic E-state index is 0.337. The molecule has 1 aromatic carbocycles. The molecule has 0 spiro atoms. The maximum absolute atomic E-state index is 12.3. The Bertz CT molecular complexity index is 400. The Morgan fingerprint density at radius 2 is 1.46 bits per heavy atom. The summed E-state index contributed by atoms with van der Waals surface area (Å²) in [6, 6.07) is 3.43. The first kappa shape index (κ1) is 25.0. The number of unbranched alkanes of at least 4 members (excludes halogenated alkanes) is 5. The molecule has 5 heteroatoms. The largest absolute Gasteiger partial charge is 0.507 e. The van der Waals surface area contributed by atoms with Gasteiger partial charge in [0.15, 0.2) is 0 Å². The highest BCUT2D eigenvalue weighted by Gasteiger charge is 2.33. The molecule has 0 aliphatic heterocycles. The number of hydrogen-bond donors (Lipinski definition) is 2. The smallest absolute Gasteiger partial charge is 0.419 e. The first-order valence-corrected chi connectivity index (χ1v) is 8.90. The van der Waals surface area contributed by atoms with Crippen molar-refractivity contribution in [2.75, 3.05) is 7.05 Å². The molecule has 0 aliphatic rings. The zero-order valence-corrected chi connectivity index (χ0v) is 15.8. The lowest BCUT2D eigenvalue weighted by molar-refractivity contribution is -0.138. The van der Waals surface area contributed by atoms with Gasteiger partial charge in [-0.1, -0.05) is 72.3 Å². The van der Waals surface area contributed by atoms with E-state index in [2.05, 4.69) is 19.2 Å². The highest BCUT2D eigenvalue weighted by Crippen LogP contribution is 2.35. The summed E-state index contributed by atoms with van der Waals surface area (Å²) in [5, 5.41) is 11.7. The van der Waals surface area contributed by atoms with E-state index in [4.69, 9.17) is 5.11 Å². The second-order valence-corrected chi connectivity index (χ2v) is 5.29. The van der Waals surface area contributed by atoms with Crippen LogP contribution < -0.4 is 5.32 Å². The predicted octanol–water partition coefficient (Wildman–Crippen LogP) is 6.52. The molecule has 0 radical (unpaired) electrons. The number of alkyl halides is 3. The van der Waals surface area contributed by atoms with Crippen LogP contribution in [0.4, 0.5) is 13.2 Å². The molecule has 0 aliphatic carbocycles. The number of benzene rings is 1. The van der Waals surface area contributed by atoms with Crippen molar-refractivity contribution in [2.24, 2.45) is 0 Å². The molecule has 0 bridgehead atoms. The van der Waals surface area contributed by atoms with Gasteiger partial charge in [-0.25, -0.2) is 0 Å². The number of rotatable bonds is 7. The second kappa shape index (κ2) is 15.3. The summed E-state index contributed by atoms with van der Waals surface area (Å²) in [6.07, 6.45) is 3.98. The van der Waals surface area contributed by atoms with Gasteiger partial charge in [0, 0.05) is 6.54 Å². The number of hydrogen-bond acceptors (Lipinski definition) is 2. The number of aromatic hydroxyl groups is 1. The summed E-state index contributed by atoms with van der Waals surface area (Å²) in [4.78, 5) is 0. The molecule has 0 heterocycles. The number of nitrogens with one attached hydrogen (secondary N) is 1. The highest BCUT2D eigenvalue weighted by atomic mass is 19.4. The average molecular weight is 349 g/mol. The second-order valence-electron chi connectivity index (χ2n) is 5.29. The summed E-state index contributed by atoms with van der Waals surface area (Å²) in [5.41, 5.74) is -0.511. The van der Waals surface area contributed by atoms with E-state index in [9.17, 15) is 13.2 Å². The van der Waals surface area contributed by atoms with Crippen molar-refractivity contribution in [2.45, 2.75) is 78.9 Å². The van der Waals surface area contributed by atoms with Crippen molar-refractivity contribution >= 4 is 0 Å². The van der Waals surface area contributed by atoms with E-state index in [1.165, 1.54) is 44.6 Å². The van der Waals surface area contributed by atoms with Crippen LogP contribution in [0.5, 0.6) is 5.75 Å². The summed E-state index contributed by atoms with van der Waals surface area (Å²) in [5.74, 6) is -0.739. The van der Waals surface area contributed by atoms with E-state index in [1.807, 2.05) is 13.8 Å². The Kier molecular flexibility index (Phi) is 16.0. The van der Waals surface area contributed by atoms with Crippen LogP contribution in [0.2, 0.25) is 0 Å². The molecule has 0 saturated heterocycles. The third-order valence-electron chi connectivity index (χ3n) is 3.20. The van der Waals surface area contributed by atoms with E-state index in [-0.39, 0.29) is 0 Å². The molecule has 0 unspecified atom stereocenters. The fourth-order valence-electron chi connectivity index (χ4n) is 1.98. The number of phenols is 1. The van der Waals surface area contributed by atoms with Crippen LogP contribution in [0, 0.1) is 0 Å². The van der Waals surface area contributed by atoms with Crippen LogP contribution in [0.3, 0.4) is 0 Å². The molecule has 1 aromatic rings. The molecule has 24 heavy (non-hydrogen) atoms. The standard InChI is InChI=1S/C9H10F3NO.C8H18.C2H6/c1-13-5-6-2-3-8(14)7(4-6)9(10,11)12;1-3-5-7-8-6-4-2;1-2/h2-4,13-14H,5H2,1H3;3-8H2,1-2H3;1-2H3. The van der Waals surface area contributed by atoms with Gasteiger partial charge < -0.3 is 10.4 Å². The third-order valence-corrected chi connectivity index (χ3v) is 3.20. The van der Waals surface area contributed by atoms with Gasteiger partial charge in [0.2, 0.25) is 0 Å². The first-order chi connectivity index (χ1) is 11.4. The molecule has 2 N–H and O–H groups in total. The molecule has 1 rings (SSSR count). The first-order valence-electron chi connectivity index (χ1n) is 8.90. The Morgan fingerprint density at radius 1 is 0.958 bits per heavy atom. The van der Waals surface area contributed by atoms with Crippen molar-refractivity contribution in [3.8, 4) is 5.75 Å². The maximum Gasteiger partial charge on any atom is 0.419 e. The Hall–Kier alpha value is -1.23. The minimum atomic E-state index is -4.51. The minimum Gasteiger partial charge on any atom is -0.507 e. The quantitative estimate of drug-likeness (QED) is 0.549. The van der Waals surface area contributed by atoms with Gasteiger partial charge in [-0.05, 0) is 24.7 Å². The van der Waals surface area contributed by atoms with Gasteiger partial charge in [-0.3, -0.25) is 0 Å². The SMILES string of the molecule is CC.CCCCCCCC.CNCc1ccc(O)c(C(F)(F)F)c1. The summed E-state index contributed by atoms with van der Waals surface area (Å²) < 4.78 is 36.9. The van der Waals surface area contributed by atoms with Gasteiger partial charge in [0.1, 0.15) is 5.75 Å². The maximum atomic E-state index is 12.3. The lowest BCUT2D eigenvalue weighted by Gasteiger charge is -2.10. The fourth-order valence-corrected chi connectivity index (χ4v) is 1.98. The molecule has 0 aromatic heterocycles. The van der Waals surface area contributed by atoms with Gasteiger partial charge in [0.05, 0.1) is 5.56 Å². The van der Waals surface area contributed by atoms with Crippen LogP contribution in [-0.2, 0) is 12.7 Å².